The topological polar surface area (TPSA) is 26.0 Å². The minimum atomic E-state index is 0.711. The molecular formula is C19H41N. The van der Waals surface area contributed by atoms with E-state index in [9.17, 15) is 0 Å². The lowest BCUT2D eigenvalue weighted by atomic mass is 9.91. The SMILES string of the molecule is CC(C)CCCC(C)CCCC(C)CCCC(C)CN. The van der Waals surface area contributed by atoms with Crippen molar-refractivity contribution in [1.82, 2.24) is 0 Å². The van der Waals surface area contributed by atoms with E-state index in [1.165, 1.54) is 57.8 Å². The minimum absolute atomic E-state index is 0.711. The van der Waals surface area contributed by atoms with Crippen LogP contribution in [0.5, 0.6) is 0 Å². The molecule has 2 N–H and O–H groups in total. The summed E-state index contributed by atoms with van der Waals surface area (Å²) in [5, 5.41) is 0. The molecule has 0 fully saturated rings. The molecule has 0 aliphatic rings. The lowest BCUT2D eigenvalue weighted by Crippen LogP contribution is -2.10. The monoisotopic (exact) mass is 283 g/mol. The summed E-state index contributed by atoms with van der Waals surface area (Å²) in [5.74, 6) is 3.42. The Kier molecular flexibility index (Phi) is 12.7. The van der Waals surface area contributed by atoms with Gasteiger partial charge >= 0.3 is 0 Å². The average molecular weight is 284 g/mol. The van der Waals surface area contributed by atoms with Crippen LogP contribution in [0.3, 0.4) is 0 Å². The Bertz CT molecular complexity index is 200. The molecule has 0 spiro atoms. The summed E-state index contributed by atoms with van der Waals surface area (Å²) in [7, 11) is 0. The second kappa shape index (κ2) is 12.7. The van der Waals surface area contributed by atoms with Crippen LogP contribution in [0.2, 0.25) is 0 Å². The van der Waals surface area contributed by atoms with E-state index in [4.69, 9.17) is 5.73 Å². The molecule has 0 aromatic heterocycles. The van der Waals surface area contributed by atoms with Crippen LogP contribution < -0.4 is 5.73 Å². The van der Waals surface area contributed by atoms with E-state index in [2.05, 4.69) is 34.6 Å². The Morgan fingerprint density at radius 1 is 0.550 bits per heavy atom. The van der Waals surface area contributed by atoms with Crippen molar-refractivity contribution >= 4 is 0 Å². The fourth-order valence-electron chi connectivity index (χ4n) is 2.91. The van der Waals surface area contributed by atoms with E-state index in [-0.39, 0.29) is 0 Å². The van der Waals surface area contributed by atoms with Crippen LogP contribution in [0, 0.1) is 23.7 Å². The zero-order chi connectivity index (χ0) is 15.4. The predicted octanol–water partition coefficient (Wildman–Crippen LogP) is 6.02. The maximum absolute atomic E-state index is 5.66. The summed E-state index contributed by atoms with van der Waals surface area (Å²) in [6.07, 6.45) is 12.6. The molecule has 0 saturated heterocycles. The summed E-state index contributed by atoms with van der Waals surface area (Å²) in [4.78, 5) is 0. The Morgan fingerprint density at radius 2 is 0.900 bits per heavy atom. The normalized spacial score (nSPS) is 16.4. The van der Waals surface area contributed by atoms with Crippen molar-refractivity contribution in [2.75, 3.05) is 6.54 Å². The van der Waals surface area contributed by atoms with Gasteiger partial charge in [0, 0.05) is 0 Å². The van der Waals surface area contributed by atoms with Crippen molar-refractivity contribution in [2.24, 2.45) is 29.4 Å². The molecule has 1 heteroatoms. The van der Waals surface area contributed by atoms with Gasteiger partial charge in [-0.2, -0.15) is 0 Å². The van der Waals surface area contributed by atoms with Crippen molar-refractivity contribution in [3.63, 3.8) is 0 Å². The highest BCUT2D eigenvalue weighted by molar-refractivity contribution is 4.61. The largest absolute Gasteiger partial charge is 0.330 e. The lowest BCUT2D eigenvalue weighted by Gasteiger charge is -2.15. The average Bonchev–Trinajstić information content (AvgIpc) is 2.38. The van der Waals surface area contributed by atoms with Crippen LogP contribution in [0.4, 0.5) is 0 Å². The van der Waals surface area contributed by atoms with Gasteiger partial charge in [0.05, 0.1) is 0 Å². The molecule has 0 amide bonds. The molecule has 0 radical (unpaired) electrons. The first-order valence-electron chi connectivity index (χ1n) is 9.15. The van der Waals surface area contributed by atoms with Gasteiger partial charge in [0.2, 0.25) is 0 Å². The molecule has 3 atom stereocenters. The Morgan fingerprint density at radius 3 is 1.25 bits per heavy atom. The molecule has 3 unspecified atom stereocenters. The number of rotatable bonds is 13. The Hall–Kier alpha value is -0.0400. The zero-order valence-corrected chi connectivity index (χ0v) is 15.0. The summed E-state index contributed by atoms with van der Waals surface area (Å²) in [6.45, 7) is 12.6. The van der Waals surface area contributed by atoms with Crippen LogP contribution >= 0.6 is 0 Å². The van der Waals surface area contributed by atoms with Crippen LogP contribution in [0.15, 0.2) is 0 Å². The van der Waals surface area contributed by atoms with Gasteiger partial charge in [-0.1, -0.05) is 86.0 Å². The van der Waals surface area contributed by atoms with Crippen LogP contribution in [0.25, 0.3) is 0 Å². The number of hydrogen-bond acceptors (Lipinski definition) is 1. The van der Waals surface area contributed by atoms with Gasteiger partial charge in [-0.3, -0.25) is 0 Å². The maximum atomic E-state index is 5.66. The lowest BCUT2D eigenvalue weighted by molar-refractivity contribution is 0.379. The van der Waals surface area contributed by atoms with Gasteiger partial charge in [0.25, 0.3) is 0 Å². The Labute approximate surface area is 129 Å². The second-order valence-corrected chi connectivity index (χ2v) is 7.74. The predicted molar refractivity (Wildman–Crippen MR) is 92.9 cm³/mol. The third kappa shape index (κ3) is 13.0. The molecule has 0 saturated carbocycles. The molecule has 0 aliphatic carbocycles. The van der Waals surface area contributed by atoms with Gasteiger partial charge in [-0.15, -0.1) is 0 Å². The molecular weight excluding hydrogens is 242 g/mol. The third-order valence-electron chi connectivity index (χ3n) is 4.67. The Balaban J connectivity index is 3.43. The summed E-state index contributed by atoms with van der Waals surface area (Å²) in [5.41, 5.74) is 5.66. The zero-order valence-electron chi connectivity index (χ0n) is 15.0. The smallest absolute Gasteiger partial charge is 0.00515 e. The van der Waals surface area contributed by atoms with Gasteiger partial charge in [0.1, 0.15) is 0 Å². The number of nitrogens with two attached hydrogens (primary N) is 1. The summed E-state index contributed by atoms with van der Waals surface area (Å²) in [6, 6.07) is 0. The quantitative estimate of drug-likeness (QED) is 0.439. The highest BCUT2D eigenvalue weighted by atomic mass is 14.5. The molecule has 0 rings (SSSR count). The van der Waals surface area contributed by atoms with Crippen LogP contribution in [0.1, 0.15) is 92.4 Å². The van der Waals surface area contributed by atoms with Crippen LogP contribution in [-0.4, -0.2) is 6.54 Å². The minimum Gasteiger partial charge on any atom is -0.330 e. The summed E-state index contributed by atoms with van der Waals surface area (Å²) < 4.78 is 0. The molecule has 0 bridgehead atoms. The van der Waals surface area contributed by atoms with Crippen LogP contribution in [-0.2, 0) is 0 Å². The molecule has 0 aromatic rings. The molecule has 0 heterocycles. The van der Waals surface area contributed by atoms with Gasteiger partial charge in [-0.25, -0.2) is 0 Å². The third-order valence-corrected chi connectivity index (χ3v) is 4.67. The first-order valence-corrected chi connectivity index (χ1v) is 9.15. The highest BCUT2D eigenvalue weighted by Gasteiger charge is 2.07. The first-order chi connectivity index (χ1) is 9.45. The second-order valence-electron chi connectivity index (χ2n) is 7.74. The van der Waals surface area contributed by atoms with Crippen molar-refractivity contribution < 1.29 is 0 Å². The number of hydrogen-bond donors (Lipinski definition) is 1. The molecule has 0 aliphatic heterocycles. The fraction of sp³-hybridized carbons (Fsp3) is 1.00. The van der Waals surface area contributed by atoms with E-state index < -0.39 is 0 Å². The van der Waals surface area contributed by atoms with E-state index in [0.717, 1.165) is 24.3 Å². The van der Waals surface area contributed by atoms with Gasteiger partial charge in [0.15, 0.2) is 0 Å². The molecule has 20 heavy (non-hydrogen) atoms. The van der Waals surface area contributed by atoms with Gasteiger partial charge in [-0.05, 0) is 36.6 Å². The first kappa shape index (κ1) is 20.0. The maximum Gasteiger partial charge on any atom is -0.00515 e. The molecule has 1 nitrogen and oxygen atoms in total. The van der Waals surface area contributed by atoms with Crippen molar-refractivity contribution in [1.29, 1.82) is 0 Å². The molecule has 0 aromatic carbocycles. The van der Waals surface area contributed by atoms with E-state index in [1.807, 2.05) is 0 Å². The van der Waals surface area contributed by atoms with Crippen molar-refractivity contribution in [2.45, 2.75) is 92.4 Å². The van der Waals surface area contributed by atoms with E-state index >= 15 is 0 Å². The standard InChI is InChI=1S/C19H41N/c1-16(2)9-6-10-17(3)11-7-12-18(4)13-8-14-19(5)15-20/h16-19H,6-15,20H2,1-5H3. The van der Waals surface area contributed by atoms with Crippen molar-refractivity contribution in [3.8, 4) is 0 Å². The van der Waals surface area contributed by atoms with E-state index in [0.29, 0.717) is 5.92 Å². The molecule has 122 valence electrons. The highest BCUT2D eigenvalue weighted by Crippen LogP contribution is 2.21. The van der Waals surface area contributed by atoms with E-state index in [1.54, 1.807) is 0 Å². The summed E-state index contributed by atoms with van der Waals surface area (Å²) >= 11 is 0. The van der Waals surface area contributed by atoms with Gasteiger partial charge < -0.3 is 5.73 Å². The fourth-order valence-corrected chi connectivity index (χ4v) is 2.91. The van der Waals surface area contributed by atoms with Crippen molar-refractivity contribution in [3.05, 3.63) is 0 Å².